The molecule has 0 aromatic carbocycles. The maximum atomic E-state index is 0. The molecule has 1 radical (unpaired) electrons. The van der Waals surface area contributed by atoms with E-state index in [1.807, 2.05) is 0 Å². The Morgan fingerprint density at radius 3 is 0.750 bits per heavy atom. The van der Waals surface area contributed by atoms with Gasteiger partial charge in [0.2, 0.25) is 0 Å². The van der Waals surface area contributed by atoms with Crippen molar-refractivity contribution >= 4 is 51.4 Å². The van der Waals surface area contributed by atoms with E-state index < -0.39 is 0 Å². The van der Waals surface area contributed by atoms with Gasteiger partial charge in [-0.25, -0.2) is 0 Å². The molecule has 0 heterocycles. The average molecular weight is 134 g/mol. The minimum absolute atomic E-state index is 0. The molecule has 4 heteroatoms. The van der Waals surface area contributed by atoms with Crippen LogP contribution in [0, 0.1) is 0 Å². The second kappa shape index (κ2) is 19.7. The van der Waals surface area contributed by atoms with E-state index in [9.17, 15) is 0 Å². The maximum Gasteiger partial charge on any atom is 0 e. The molecule has 0 rings (SSSR count). The standard InChI is InChI=1S/K.Ni.2H2O/h;;2*1H2. The van der Waals surface area contributed by atoms with Crippen molar-refractivity contribution in [2.24, 2.45) is 0 Å². The van der Waals surface area contributed by atoms with Crippen molar-refractivity contribution in [2.45, 2.75) is 0 Å². The molecule has 0 spiro atoms. The second-order valence-corrected chi connectivity index (χ2v) is 0. The van der Waals surface area contributed by atoms with Crippen LogP contribution < -0.4 is 0 Å². The molecule has 0 bridgehead atoms. The van der Waals surface area contributed by atoms with Crippen molar-refractivity contribution < 1.29 is 27.4 Å². The van der Waals surface area contributed by atoms with Crippen LogP contribution >= 0.6 is 0 Å². The van der Waals surface area contributed by atoms with Gasteiger partial charge in [-0.05, 0) is 0 Å². The molecule has 2 nitrogen and oxygen atoms in total. The fraction of sp³-hybridized carbons (Fsp3) is 0. The Hall–Kier alpha value is 2.05. The van der Waals surface area contributed by atoms with Crippen LogP contribution in [0.1, 0.15) is 0 Å². The third-order valence-electron chi connectivity index (χ3n) is 0. The molecule has 0 fully saturated rings. The van der Waals surface area contributed by atoms with E-state index in [4.69, 9.17) is 0 Å². The van der Waals surface area contributed by atoms with Crippen molar-refractivity contribution in [3.8, 4) is 0 Å². The van der Waals surface area contributed by atoms with E-state index in [0.717, 1.165) is 0 Å². The molecule has 0 saturated carbocycles. The molecule has 0 aliphatic carbocycles. The van der Waals surface area contributed by atoms with Crippen LogP contribution in [-0.2, 0) is 16.5 Å². The Balaban J connectivity index is 0. The van der Waals surface area contributed by atoms with Gasteiger partial charge in [0.25, 0.3) is 0 Å². The number of hydrogen-bond acceptors (Lipinski definition) is 0. The minimum atomic E-state index is 0. The van der Waals surface area contributed by atoms with Crippen molar-refractivity contribution in [2.75, 3.05) is 0 Å². The quantitative estimate of drug-likeness (QED) is 0.343. The van der Waals surface area contributed by atoms with Crippen molar-refractivity contribution in [1.29, 1.82) is 0 Å². The van der Waals surface area contributed by atoms with E-state index in [1.165, 1.54) is 0 Å². The molecule has 0 amide bonds. The first-order chi connectivity index (χ1) is 0. The first-order valence-corrected chi connectivity index (χ1v) is 0. The molecule has 0 aromatic heterocycles. The smallest absolute Gasteiger partial charge is 0 e. The molecule has 0 aliphatic rings. The first kappa shape index (κ1) is 36.7. The predicted molar refractivity (Wildman–Crippen MR) is 13.0 cm³/mol. The zero-order valence-corrected chi connectivity index (χ0v) is 6.43. The molecule has 27 valence electrons. The van der Waals surface area contributed by atoms with Gasteiger partial charge in [-0.1, -0.05) is 0 Å². The Morgan fingerprint density at radius 2 is 0.750 bits per heavy atom. The van der Waals surface area contributed by atoms with Crippen molar-refractivity contribution in [3.05, 3.63) is 0 Å². The third kappa shape index (κ3) is 8.97. The van der Waals surface area contributed by atoms with E-state index >= 15 is 0 Å². The fourth-order valence-corrected chi connectivity index (χ4v) is 0. The van der Waals surface area contributed by atoms with Crippen molar-refractivity contribution in [1.82, 2.24) is 0 Å². The summed E-state index contributed by atoms with van der Waals surface area (Å²) in [7, 11) is 0. The monoisotopic (exact) mass is 133 g/mol. The van der Waals surface area contributed by atoms with Crippen LogP contribution in [0.4, 0.5) is 0 Å². The van der Waals surface area contributed by atoms with Gasteiger partial charge in [-0.2, -0.15) is 0 Å². The zero-order valence-electron chi connectivity index (χ0n) is 2.32. The molecule has 0 aromatic rings. The summed E-state index contributed by atoms with van der Waals surface area (Å²) < 4.78 is 0. The van der Waals surface area contributed by atoms with Crippen LogP contribution in [0.25, 0.3) is 0 Å². The topological polar surface area (TPSA) is 63.0 Å². The SMILES string of the molecule is O.O.[K].[Ni]. The van der Waals surface area contributed by atoms with Gasteiger partial charge in [0.15, 0.2) is 0 Å². The summed E-state index contributed by atoms with van der Waals surface area (Å²) in [4.78, 5) is 0. The van der Waals surface area contributed by atoms with E-state index in [2.05, 4.69) is 0 Å². The van der Waals surface area contributed by atoms with Gasteiger partial charge in [0, 0.05) is 67.9 Å². The van der Waals surface area contributed by atoms with Crippen molar-refractivity contribution in [3.63, 3.8) is 0 Å². The predicted octanol–water partition coefficient (Wildman–Crippen LogP) is -2.03. The van der Waals surface area contributed by atoms with Crippen LogP contribution in [0.5, 0.6) is 0 Å². The van der Waals surface area contributed by atoms with Crippen LogP contribution in [0.2, 0.25) is 0 Å². The number of rotatable bonds is 0. The fourth-order valence-electron chi connectivity index (χ4n) is 0. The van der Waals surface area contributed by atoms with Gasteiger partial charge in [0.1, 0.15) is 0 Å². The Bertz CT molecular complexity index is 6.00. The molecule has 0 aliphatic heterocycles. The Kier molecular flexibility index (Phi) is 181. The molecule has 0 saturated heterocycles. The molecule has 4 N–H and O–H groups in total. The Labute approximate surface area is 77.3 Å². The van der Waals surface area contributed by atoms with Gasteiger partial charge in [0.05, 0.1) is 0 Å². The molecule has 4 heavy (non-hydrogen) atoms. The third-order valence-corrected chi connectivity index (χ3v) is 0. The normalized spacial score (nSPS) is 0. The van der Waals surface area contributed by atoms with Gasteiger partial charge >= 0.3 is 0 Å². The van der Waals surface area contributed by atoms with Crippen LogP contribution in [0.15, 0.2) is 0 Å². The van der Waals surface area contributed by atoms with Crippen LogP contribution in [-0.4, -0.2) is 62.3 Å². The van der Waals surface area contributed by atoms with E-state index in [-0.39, 0.29) is 78.8 Å². The summed E-state index contributed by atoms with van der Waals surface area (Å²) in [5, 5.41) is 0. The molecular weight excluding hydrogens is 130 g/mol. The summed E-state index contributed by atoms with van der Waals surface area (Å²) >= 11 is 0. The molecule has 0 unspecified atom stereocenters. The summed E-state index contributed by atoms with van der Waals surface area (Å²) in [6.45, 7) is 0. The molecular formula is H4KNiO2. The summed E-state index contributed by atoms with van der Waals surface area (Å²) in [5.41, 5.74) is 0. The largest absolute Gasteiger partial charge is 0.412 e. The Morgan fingerprint density at radius 1 is 0.750 bits per heavy atom. The average Bonchev–Trinajstić information content (AvgIpc) is 0. The van der Waals surface area contributed by atoms with Gasteiger partial charge in [-0.15, -0.1) is 0 Å². The van der Waals surface area contributed by atoms with E-state index in [0.29, 0.717) is 0 Å². The second-order valence-electron chi connectivity index (χ2n) is 0. The zero-order chi connectivity index (χ0) is 0. The van der Waals surface area contributed by atoms with Gasteiger partial charge < -0.3 is 11.0 Å². The minimum Gasteiger partial charge on any atom is -0.412 e. The summed E-state index contributed by atoms with van der Waals surface area (Å²) in [6, 6.07) is 0. The maximum absolute atomic E-state index is 0. The van der Waals surface area contributed by atoms with E-state index in [1.54, 1.807) is 0 Å². The first-order valence-electron chi connectivity index (χ1n) is 0. The number of hydrogen-bond donors (Lipinski definition) is 0. The molecule has 0 atom stereocenters. The van der Waals surface area contributed by atoms with Crippen LogP contribution in [0.3, 0.4) is 0 Å². The van der Waals surface area contributed by atoms with Gasteiger partial charge in [-0.3, -0.25) is 0 Å². The summed E-state index contributed by atoms with van der Waals surface area (Å²) in [5.74, 6) is 0. The summed E-state index contributed by atoms with van der Waals surface area (Å²) in [6.07, 6.45) is 0.